The van der Waals surface area contributed by atoms with Crippen LogP contribution >= 0.6 is 0 Å². The number of carbonyl (C=O) groups excluding carboxylic acids is 1. The number of aryl methyl sites for hydroxylation is 2. The van der Waals surface area contributed by atoms with Crippen LogP contribution in [0.2, 0.25) is 0 Å². The molecule has 0 amide bonds. The maximum atomic E-state index is 12.6. The standard InChI is InChI=1S/C20H17F3N2O4/c1-12-4-3-5-13(2)18(12)28-11-17(26)27-10-16-24-19(25-29-16)14-6-8-15(9-7-14)20(21,22)23/h3-9H,10-11H2,1-2H3. The predicted octanol–water partition coefficient (Wildman–Crippen LogP) is 4.49. The van der Waals surface area contributed by atoms with Crippen molar-refractivity contribution in [2.24, 2.45) is 0 Å². The van der Waals surface area contributed by atoms with E-state index in [1.165, 1.54) is 12.1 Å². The molecule has 1 heterocycles. The number of benzene rings is 2. The first-order valence-corrected chi connectivity index (χ1v) is 8.59. The summed E-state index contributed by atoms with van der Waals surface area (Å²) in [4.78, 5) is 15.9. The maximum Gasteiger partial charge on any atom is 0.416 e. The van der Waals surface area contributed by atoms with Gasteiger partial charge in [-0.3, -0.25) is 0 Å². The first kappa shape index (κ1) is 20.4. The van der Waals surface area contributed by atoms with Crippen LogP contribution < -0.4 is 4.74 Å². The zero-order valence-electron chi connectivity index (χ0n) is 15.6. The van der Waals surface area contributed by atoms with Crippen molar-refractivity contribution in [1.29, 1.82) is 0 Å². The van der Waals surface area contributed by atoms with Gasteiger partial charge in [-0.1, -0.05) is 35.5 Å². The molecule has 0 saturated heterocycles. The van der Waals surface area contributed by atoms with Crippen molar-refractivity contribution >= 4 is 5.97 Å². The summed E-state index contributed by atoms with van der Waals surface area (Å²) < 4.78 is 53.3. The van der Waals surface area contributed by atoms with Crippen LogP contribution in [0.4, 0.5) is 13.2 Å². The van der Waals surface area contributed by atoms with Gasteiger partial charge in [0.05, 0.1) is 5.56 Å². The third kappa shape index (κ3) is 5.13. The zero-order chi connectivity index (χ0) is 21.0. The molecule has 0 atom stereocenters. The second-order valence-electron chi connectivity index (χ2n) is 6.26. The highest BCUT2D eigenvalue weighted by molar-refractivity contribution is 5.71. The SMILES string of the molecule is Cc1cccc(C)c1OCC(=O)OCc1nc(-c2ccc(C(F)(F)F)cc2)no1. The molecular formula is C20H17F3N2O4. The summed E-state index contributed by atoms with van der Waals surface area (Å²) in [5.74, 6) is 0.102. The number of hydrogen-bond acceptors (Lipinski definition) is 6. The molecule has 0 N–H and O–H groups in total. The van der Waals surface area contributed by atoms with Crippen molar-refractivity contribution in [1.82, 2.24) is 10.1 Å². The number of esters is 1. The van der Waals surface area contributed by atoms with Gasteiger partial charge >= 0.3 is 12.1 Å². The second kappa shape index (κ2) is 8.34. The molecule has 29 heavy (non-hydrogen) atoms. The molecule has 0 aliphatic heterocycles. The zero-order valence-corrected chi connectivity index (χ0v) is 15.6. The van der Waals surface area contributed by atoms with Crippen LogP contribution in [-0.4, -0.2) is 22.7 Å². The number of aromatic nitrogens is 2. The third-order valence-corrected chi connectivity index (χ3v) is 4.04. The topological polar surface area (TPSA) is 74.5 Å². The van der Waals surface area contributed by atoms with Crippen molar-refractivity contribution in [2.45, 2.75) is 26.6 Å². The van der Waals surface area contributed by atoms with E-state index >= 15 is 0 Å². The molecule has 152 valence electrons. The fourth-order valence-electron chi connectivity index (χ4n) is 2.58. The van der Waals surface area contributed by atoms with Crippen molar-refractivity contribution < 1.29 is 32.0 Å². The molecule has 0 bridgehead atoms. The summed E-state index contributed by atoms with van der Waals surface area (Å²) >= 11 is 0. The van der Waals surface area contributed by atoms with Gasteiger partial charge in [0.2, 0.25) is 5.82 Å². The minimum absolute atomic E-state index is 0.0142. The number of ether oxygens (including phenoxy) is 2. The Balaban J connectivity index is 1.54. The minimum atomic E-state index is -4.42. The van der Waals surface area contributed by atoms with Crippen molar-refractivity contribution in [2.75, 3.05) is 6.61 Å². The number of rotatable bonds is 6. The lowest BCUT2D eigenvalue weighted by molar-refractivity contribution is -0.148. The Morgan fingerprint density at radius 3 is 2.34 bits per heavy atom. The largest absolute Gasteiger partial charge is 0.481 e. The van der Waals surface area contributed by atoms with E-state index in [2.05, 4.69) is 10.1 Å². The lowest BCUT2D eigenvalue weighted by atomic mass is 10.1. The first-order chi connectivity index (χ1) is 13.7. The monoisotopic (exact) mass is 406 g/mol. The van der Waals surface area contributed by atoms with E-state index in [1.807, 2.05) is 32.0 Å². The van der Waals surface area contributed by atoms with Gasteiger partial charge in [-0.2, -0.15) is 18.2 Å². The van der Waals surface area contributed by atoms with E-state index in [0.717, 1.165) is 23.3 Å². The summed E-state index contributed by atoms with van der Waals surface area (Å²) in [5, 5.41) is 3.68. The average molecular weight is 406 g/mol. The molecule has 1 aromatic heterocycles. The Bertz CT molecular complexity index is 977. The quantitative estimate of drug-likeness (QED) is 0.562. The molecule has 0 radical (unpaired) electrons. The number of halogens is 3. The van der Waals surface area contributed by atoms with Crippen LogP contribution in [0, 0.1) is 13.8 Å². The predicted molar refractivity (Wildman–Crippen MR) is 95.9 cm³/mol. The van der Waals surface area contributed by atoms with E-state index in [0.29, 0.717) is 11.3 Å². The van der Waals surface area contributed by atoms with Gasteiger partial charge in [-0.25, -0.2) is 4.79 Å². The van der Waals surface area contributed by atoms with Gasteiger partial charge in [0.1, 0.15) is 5.75 Å². The molecule has 9 heteroatoms. The molecule has 0 saturated carbocycles. The van der Waals surface area contributed by atoms with Gasteiger partial charge in [0.15, 0.2) is 13.2 Å². The Morgan fingerprint density at radius 1 is 1.07 bits per heavy atom. The van der Waals surface area contributed by atoms with Gasteiger partial charge in [0, 0.05) is 5.56 Å². The molecule has 0 aliphatic rings. The molecule has 6 nitrogen and oxygen atoms in total. The van der Waals surface area contributed by atoms with Crippen molar-refractivity contribution in [3.63, 3.8) is 0 Å². The molecule has 3 rings (SSSR count). The van der Waals surface area contributed by atoms with E-state index < -0.39 is 17.7 Å². The number of alkyl halides is 3. The summed E-state index contributed by atoms with van der Waals surface area (Å²) in [6, 6.07) is 9.96. The number of carbonyl (C=O) groups is 1. The van der Waals surface area contributed by atoms with Crippen LogP contribution in [0.25, 0.3) is 11.4 Å². The summed E-state index contributed by atoms with van der Waals surface area (Å²) in [5.41, 5.74) is 1.37. The smallest absolute Gasteiger partial charge is 0.416 e. The van der Waals surface area contributed by atoms with E-state index in [1.54, 1.807) is 0 Å². The number of hydrogen-bond donors (Lipinski definition) is 0. The van der Waals surface area contributed by atoms with Crippen LogP contribution in [0.1, 0.15) is 22.6 Å². The fourth-order valence-corrected chi connectivity index (χ4v) is 2.58. The summed E-state index contributed by atoms with van der Waals surface area (Å²) in [6.45, 7) is 3.18. The molecule has 2 aromatic carbocycles. The number of para-hydroxylation sites is 1. The molecule has 0 spiro atoms. The second-order valence-corrected chi connectivity index (χ2v) is 6.26. The van der Waals surface area contributed by atoms with Gasteiger partial charge < -0.3 is 14.0 Å². The molecule has 0 unspecified atom stereocenters. The van der Waals surface area contributed by atoms with E-state index in [-0.39, 0.29) is 24.9 Å². The van der Waals surface area contributed by atoms with E-state index in [4.69, 9.17) is 14.0 Å². The lowest BCUT2D eigenvalue weighted by Gasteiger charge is -2.10. The van der Waals surface area contributed by atoms with Gasteiger partial charge in [-0.05, 0) is 37.1 Å². The highest BCUT2D eigenvalue weighted by Crippen LogP contribution is 2.30. The van der Waals surface area contributed by atoms with Gasteiger partial charge in [-0.15, -0.1) is 0 Å². The third-order valence-electron chi connectivity index (χ3n) is 4.04. The molecule has 0 aliphatic carbocycles. The minimum Gasteiger partial charge on any atom is -0.481 e. The van der Waals surface area contributed by atoms with Crippen LogP contribution in [-0.2, 0) is 22.3 Å². The molecule has 0 fully saturated rings. The normalized spacial score (nSPS) is 11.3. The fraction of sp³-hybridized carbons (Fsp3) is 0.250. The molecule has 3 aromatic rings. The van der Waals surface area contributed by atoms with Crippen LogP contribution in [0.3, 0.4) is 0 Å². The highest BCUT2D eigenvalue weighted by atomic mass is 19.4. The number of nitrogens with zero attached hydrogens (tertiary/aromatic N) is 2. The lowest BCUT2D eigenvalue weighted by Crippen LogP contribution is -2.15. The van der Waals surface area contributed by atoms with Crippen molar-refractivity contribution in [3.05, 3.63) is 65.0 Å². The maximum absolute atomic E-state index is 12.6. The van der Waals surface area contributed by atoms with Gasteiger partial charge in [0.25, 0.3) is 5.89 Å². The summed E-state index contributed by atoms with van der Waals surface area (Å²) in [7, 11) is 0. The summed E-state index contributed by atoms with van der Waals surface area (Å²) in [6.07, 6.45) is -4.42. The first-order valence-electron chi connectivity index (χ1n) is 8.59. The van der Waals surface area contributed by atoms with Crippen molar-refractivity contribution in [3.8, 4) is 17.1 Å². The molecular weight excluding hydrogens is 389 g/mol. The van der Waals surface area contributed by atoms with Crippen LogP contribution in [0.15, 0.2) is 47.0 Å². The Kier molecular flexibility index (Phi) is 5.86. The highest BCUT2D eigenvalue weighted by Gasteiger charge is 2.30. The Labute approximate surface area is 164 Å². The Morgan fingerprint density at radius 2 is 1.72 bits per heavy atom. The Hall–Kier alpha value is -3.36. The van der Waals surface area contributed by atoms with E-state index in [9.17, 15) is 18.0 Å². The van der Waals surface area contributed by atoms with Crippen LogP contribution in [0.5, 0.6) is 5.75 Å². The average Bonchev–Trinajstić information content (AvgIpc) is 3.14.